The van der Waals surface area contributed by atoms with Gasteiger partial charge in [0.25, 0.3) is 5.91 Å². The lowest BCUT2D eigenvalue weighted by Crippen LogP contribution is -2.44. The van der Waals surface area contributed by atoms with E-state index in [2.05, 4.69) is 28.8 Å². The van der Waals surface area contributed by atoms with Gasteiger partial charge < -0.3 is 15.7 Å². The predicted molar refractivity (Wildman–Crippen MR) is 103 cm³/mol. The molecule has 0 aromatic heterocycles. The van der Waals surface area contributed by atoms with Crippen LogP contribution < -0.4 is 10.6 Å². The number of amides is 1. The third-order valence-electron chi connectivity index (χ3n) is 4.93. The smallest absolute Gasteiger partial charge is 0.326 e. The third-order valence-corrected chi connectivity index (χ3v) is 4.93. The standard InChI is InChI=1S/C21H27N3O3/c1-13(2)19(21(26)27)24-20(25)18(11-22)12-23-14(3)16-9-8-15-6-4-5-7-17(15)10-16/h8-10,12-14,19,23H,4-7H2,1-3H3,(H,24,25)(H,26,27)/b18-12-. The van der Waals surface area contributed by atoms with Crippen LogP contribution in [0.4, 0.5) is 0 Å². The molecule has 1 aromatic rings. The summed E-state index contributed by atoms with van der Waals surface area (Å²) in [5, 5.41) is 23.9. The summed E-state index contributed by atoms with van der Waals surface area (Å²) in [4.78, 5) is 23.5. The lowest BCUT2D eigenvalue weighted by molar-refractivity contribution is -0.142. The Hall–Kier alpha value is -2.81. The summed E-state index contributed by atoms with van der Waals surface area (Å²) in [7, 11) is 0. The van der Waals surface area contributed by atoms with E-state index in [0.717, 1.165) is 18.4 Å². The van der Waals surface area contributed by atoms with Crippen LogP contribution in [0.25, 0.3) is 0 Å². The monoisotopic (exact) mass is 369 g/mol. The van der Waals surface area contributed by atoms with Crippen LogP contribution in [0.1, 0.15) is 56.3 Å². The Labute approximate surface area is 160 Å². The SMILES string of the molecule is CC(N/C=C(/C#N)C(=O)NC(C(=O)O)C(C)C)c1ccc2c(c1)CCCC2. The first-order valence-electron chi connectivity index (χ1n) is 9.35. The Morgan fingerprint density at radius 1 is 1.19 bits per heavy atom. The summed E-state index contributed by atoms with van der Waals surface area (Å²) in [5.41, 5.74) is 3.72. The molecule has 1 amide bonds. The van der Waals surface area contributed by atoms with Gasteiger partial charge in [0.2, 0.25) is 0 Å². The number of nitrogens with one attached hydrogen (secondary N) is 2. The largest absolute Gasteiger partial charge is 0.480 e. The molecule has 27 heavy (non-hydrogen) atoms. The number of fused-ring (bicyclic) bond motifs is 1. The van der Waals surface area contributed by atoms with Crippen molar-refractivity contribution in [2.45, 2.75) is 58.5 Å². The predicted octanol–water partition coefficient (Wildman–Crippen LogP) is 2.85. The fourth-order valence-corrected chi connectivity index (χ4v) is 3.21. The maximum absolute atomic E-state index is 12.2. The molecular weight excluding hydrogens is 342 g/mol. The van der Waals surface area contributed by atoms with Crippen molar-refractivity contribution < 1.29 is 14.7 Å². The molecule has 2 rings (SSSR count). The number of nitriles is 1. The van der Waals surface area contributed by atoms with Gasteiger partial charge in [0.05, 0.1) is 0 Å². The number of hydrogen-bond donors (Lipinski definition) is 3. The summed E-state index contributed by atoms with van der Waals surface area (Å²) >= 11 is 0. The van der Waals surface area contributed by atoms with Crippen LogP contribution in [0.2, 0.25) is 0 Å². The van der Waals surface area contributed by atoms with Crippen molar-refractivity contribution in [2.75, 3.05) is 0 Å². The average molecular weight is 369 g/mol. The number of aryl methyl sites for hydroxylation is 2. The third kappa shape index (κ3) is 5.33. The van der Waals surface area contributed by atoms with E-state index >= 15 is 0 Å². The van der Waals surface area contributed by atoms with Gasteiger partial charge in [0.15, 0.2) is 0 Å². The highest BCUT2D eigenvalue weighted by atomic mass is 16.4. The summed E-state index contributed by atoms with van der Waals surface area (Å²) < 4.78 is 0. The highest BCUT2D eigenvalue weighted by Gasteiger charge is 2.25. The van der Waals surface area contributed by atoms with Crippen LogP contribution in [0.5, 0.6) is 0 Å². The van der Waals surface area contributed by atoms with E-state index in [1.807, 2.05) is 13.0 Å². The molecule has 0 fully saturated rings. The first-order valence-corrected chi connectivity index (χ1v) is 9.35. The Kier molecular flexibility index (Phi) is 7.00. The first-order chi connectivity index (χ1) is 12.8. The number of nitrogens with zero attached hydrogens (tertiary/aromatic N) is 1. The van der Waals surface area contributed by atoms with E-state index in [0.29, 0.717) is 0 Å². The number of carbonyl (C=O) groups is 2. The number of rotatable bonds is 7. The zero-order valence-electron chi connectivity index (χ0n) is 16.1. The van der Waals surface area contributed by atoms with Gasteiger partial charge in [-0.2, -0.15) is 5.26 Å². The molecule has 0 radical (unpaired) electrons. The molecule has 0 saturated carbocycles. The summed E-state index contributed by atoms with van der Waals surface area (Å²) in [6, 6.07) is 7.14. The minimum Gasteiger partial charge on any atom is -0.480 e. The van der Waals surface area contributed by atoms with Gasteiger partial charge in [-0.25, -0.2) is 4.79 Å². The van der Waals surface area contributed by atoms with Crippen molar-refractivity contribution in [2.24, 2.45) is 5.92 Å². The molecule has 2 atom stereocenters. The van der Waals surface area contributed by atoms with Gasteiger partial charge >= 0.3 is 5.97 Å². The molecule has 6 nitrogen and oxygen atoms in total. The van der Waals surface area contributed by atoms with Crippen molar-refractivity contribution in [3.05, 3.63) is 46.7 Å². The molecule has 6 heteroatoms. The number of benzene rings is 1. The number of aliphatic carboxylic acids is 1. The van der Waals surface area contributed by atoms with Crippen LogP contribution in [0.15, 0.2) is 30.0 Å². The number of carboxylic acids is 1. The van der Waals surface area contributed by atoms with E-state index in [4.69, 9.17) is 0 Å². The first kappa shape index (κ1) is 20.5. The van der Waals surface area contributed by atoms with Crippen molar-refractivity contribution in [3.63, 3.8) is 0 Å². The van der Waals surface area contributed by atoms with E-state index in [9.17, 15) is 20.0 Å². The molecule has 2 unspecified atom stereocenters. The summed E-state index contributed by atoms with van der Waals surface area (Å²) in [6.07, 6.45) is 6.01. The van der Waals surface area contributed by atoms with Crippen molar-refractivity contribution in [3.8, 4) is 6.07 Å². The quantitative estimate of drug-likeness (QED) is 0.507. The molecule has 1 aliphatic carbocycles. The van der Waals surface area contributed by atoms with E-state index in [1.54, 1.807) is 13.8 Å². The van der Waals surface area contributed by atoms with Crippen LogP contribution in [-0.2, 0) is 22.4 Å². The molecule has 0 spiro atoms. The average Bonchev–Trinajstić information content (AvgIpc) is 2.65. The van der Waals surface area contributed by atoms with Gasteiger partial charge in [0.1, 0.15) is 17.7 Å². The number of hydrogen-bond acceptors (Lipinski definition) is 4. The summed E-state index contributed by atoms with van der Waals surface area (Å²) in [6.45, 7) is 5.36. The van der Waals surface area contributed by atoms with Gasteiger partial charge in [-0.15, -0.1) is 0 Å². The van der Waals surface area contributed by atoms with Gasteiger partial charge in [-0.1, -0.05) is 32.0 Å². The van der Waals surface area contributed by atoms with E-state index in [-0.39, 0.29) is 17.5 Å². The molecule has 0 aliphatic heterocycles. The second-order valence-electron chi connectivity index (χ2n) is 7.33. The molecule has 1 aliphatic rings. The second-order valence-corrected chi connectivity index (χ2v) is 7.33. The maximum Gasteiger partial charge on any atom is 0.326 e. The Bertz CT molecular complexity index is 777. The normalized spacial score (nSPS) is 16.0. The van der Waals surface area contributed by atoms with Gasteiger partial charge in [0, 0.05) is 12.2 Å². The van der Waals surface area contributed by atoms with Crippen LogP contribution >= 0.6 is 0 Å². The van der Waals surface area contributed by atoms with Crippen LogP contribution in [0, 0.1) is 17.2 Å². The lowest BCUT2D eigenvalue weighted by Gasteiger charge is -2.20. The molecule has 3 N–H and O–H groups in total. The van der Waals surface area contributed by atoms with Crippen molar-refractivity contribution >= 4 is 11.9 Å². The fraction of sp³-hybridized carbons (Fsp3) is 0.476. The molecule has 0 saturated heterocycles. The molecule has 1 aromatic carbocycles. The second kappa shape index (κ2) is 9.22. The van der Waals surface area contributed by atoms with E-state index < -0.39 is 17.9 Å². The minimum atomic E-state index is -1.12. The molecular formula is C21H27N3O3. The Morgan fingerprint density at radius 3 is 2.44 bits per heavy atom. The van der Waals surface area contributed by atoms with E-state index in [1.165, 1.54) is 30.2 Å². The van der Waals surface area contributed by atoms with Crippen LogP contribution in [-0.4, -0.2) is 23.0 Å². The topological polar surface area (TPSA) is 102 Å². The fourth-order valence-electron chi connectivity index (χ4n) is 3.21. The van der Waals surface area contributed by atoms with Gasteiger partial charge in [-0.3, -0.25) is 4.79 Å². The highest BCUT2D eigenvalue weighted by molar-refractivity contribution is 5.99. The Balaban J connectivity index is 2.06. The molecule has 0 bridgehead atoms. The van der Waals surface area contributed by atoms with Crippen molar-refractivity contribution in [1.29, 1.82) is 5.26 Å². The zero-order chi connectivity index (χ0) is 20.0. The zero-order valence-corrected chi connectivity index (χ0v) is 16.1. The Morgan fingerprint density at radius 2 is 1.85 bits per heavy atom. The maximum atomic E-state index is 12.2. The van der Waals surface area contributed by atoms with Gasteiger partial charge in [-0.05, 0) is 55.2 Å². The highest BCUT2D eigenvalue weighted by Crippen LogP contribution is 2.24. The van der Waals surface area contributed by atoms with Crippen molar-refractivity contribution in [1.82, 2.24) is 10.6 Å². The number of carboxylic acid groups (broad SMARTS) is 1. The number of carbonyl (C=O) groups excluding carboxylic acids is 1. The lowest BCUT2D eigenvalue weighted by atomic mass is 9.89. The summed E-state index contributed by atoms with van der Waals surface area (Å²) in [5.74, 6) is -2.09. The molecule has 144 valence electrons. The minimum absolute atomic E-state index is 0.0752. The van der Waals surface area contributed by atoms with Crippen LogP contribution in [0.3, 0.4) is 0 Å². The molecule has 0 heterocycles.